The van der Waals surface area contributed by atoms with Crippen LogP contribution in [0.1, 0.15) is 43.0 Å². The number of nitrogens with zero attached hydrogens (tertiary/aromatic N) is 1. The molecule has 0 unspecified atom stereocenters. The number of halogens is 2. The fraction of sp³-hybridized carbons (Fsp3) is 0.360. The Morgan fingerprint density at radius 2 is 1.80 bits per heavy atom. The van der Waals surface area contributed by atoms with E-state index in [-0.39, 0.29) is 28.9 Å². The van der Waals surface area contributed by atoms with Crippen molar-refractivity contribution in [2.24, 2.45) is 5.92 Å². The standard InChI is InChI=1S/C25H26Cl2N2O6/c1-2-3-4-12-34-24(32)16-8-10-18(11-9-16)29-14-17(13-22(29)31)25(33)35-15-21(30)28-20-7-5-6-19(26)23(20)27/h5-11,17H,2-4,12-15H2,1H3,(H,28,30)/t17-/m1/s1. The summed E-state index contributed by atoms with van der Waals surface area (Å²) in [6.45, 7) is 2.02. The average molecular weight is 521 g/mol. The third-order valence-corrected chi connectivity index (χ3v) is 6.24. The normalized spacial score (nSPS) is 15.1. The van der Waals surface area contributed by atoms with Gasteiger partial charge in [0, 0.05) is 18.7 Å². The minimum Gasteiger partial charge on any atom is -0.462 e. The van der Waals surface area contributed by atoms with Gasteiger partial charge in [0.1, 0.15) is 0 Å². The first-order valence-corrected chi connectivity index (χ1v) is 12.0. The summed E-state index contributed by atoms with van der Waals surface area (Å²) in [5, 5.41) is 2.99. The quantitative estimate of drug-likeness (QED) is 0.354. The van der Waals surface area contributed by atoms with E-state index in [1.807, 2.05) is 0 Å². The molecule has 1 saturated heterocycles. The molecular formula is C25H26Cl2N2O6. The molecule has 10 heteroatoms. The molecule has 2 aromatic carbocycles. The fourth-order valence-corrected chi connectivity index (χ4v) is 3.88. The number of carbonyl (C=O) groups is 4. The van der Waals surface area contributed by atoms with Crippen LogP contribution in [0, 0.1) is 5.92 Å². The van der Waals surface area contributed by atoms with Crippen LogP contribution < -0.4 is 10.2 Å². The van der Waals surface area contributed by atoms with Crippen LogP contribution in [0.4, 0.5) is 11.4 Å². The summed E-state index contributed by atoms with van der Waals surface area (Å²) < 4.78 is 10.3. The van der Waals surface area contributed by atoms with Gasteiger partial charge in [0.05, 0.1) is 33.8 Å². The molecule has 1 fully saturated rings. The van der Waals surface area contributed by atoms with Crippen molar-refractivity contribution in [2.45, 2.75) is 32.6 Å². The molecule has 0 radical (unpaired) electrons. The lowest BCUT2D eigenvalue weighted by Crippen LogP contribution is -2.28. The Hall–Kier alpha value is -3.10. The summed E-state index contributed by atoms with van der Waals surface area (Å²) in [5.74, 6) is -2.62. The second kappa shape index (κ2) is 12.6. The van der Waals surface area contributed by atoms with Gasteiger partial charge in [-0.15, -0.1) is 0 Å². The van der Waals surface area contributed by atoms with Crippen LogP contribution in [0.3, 0.4) is 0 Å². The van der Waals surface area contributed by atoms with Gasteiger partial charge in [-0.3, -0.25) is 14.4 Å². The second-order valence-electron chi connectivity index (χ2n) is 8.05. The lowest BCUT2D eigenvalue weighted by molar-refractivity contribution is -0.151. The van der Waals surface area contributed by atoms with Gasteiger partial charge < -0.3 is 19.7 Å². The Balaban J connectivity index is 1.50. The SMILES string of the molecule is CCCCCOC(=O)c1ccc(N2C[C@H](C(=O)OCC(=O)Nc3cccc(Cl)c3Cl)CC2=O)cc1. The molecule has 0 aliphatic carbocycles. The number of anilines is 2. The molecule has 2 aromatic rings. The lowest BCUT2D eigenvalue weighted by Gasteiger charge is -2.17. The third kappa shape index (κ3) is 7.19. The summed E-state index contributed by atoms with van der Waals surface area (Å²) in [4.78, 5) is 50.6. The summed E-state index contributed by atoms with van der Waals surface area (Å²) in [6.07, 6.45) is 2.81. The molecule has 1 atom stereocenters. The summed E-state index contributed by atoms with van der Waals surface area (Å²) >= 11 is 11.9. The maximum absolute atomic E-state index is 12.5. The number of hydrogen-bond acceptors (Lipinski definition) is 6. The average Bonchev–Trinajstić information content (AvgIpc) is 3.25. The first-order valence-electron chi connectivity index (χ1n) is 11.3. The Morgan fingerprint density at radius 3 is 2.51 bits per heavy atom. The van der Waals surface area contributed by atoms with Crippen LogP contribution >= 0.6 is 23.2 Å². The maximum Gasteiger partial charge on any atom is 0.338 e. The van der Waals surface area contributed by atoms with Crippen molar-refractivity contribution in [3.8, 4) is 0 Å². The number of unbranched alkanes of at least 4 members (excludes halogenated alkanes) is 2. The topological polar surface area (TPSA) is 102 Å². The Labute approximate surface area is 213 Å². The van der Waals surface area contributed by atoms with Gasteiger partial charge >= 0.3 is 11.9 Å². The first-order chi connectivity index (χ1) is 16.8. The van der Waals surface area contributed by atoms with E-state index in [9.17, 15) is 19.2 Å². The highest BCUT2D eigenvalue weighted by molar-refractivity contribution is 6.44. The van der Waals surface area contributed by atoms with Crippen LogP contribution in [0.5, 0.6) is 0 Å². The molecule has 186 valence electrons. The van der Waals surface area contributed by atoms with E-state index in [1.54, 1.807) is 42.5 Å². The number of carbonyl (C=O) groups excluding carboxylic acids is 4. The van der Waals surface area contributed by atoms with Gasteiger partial charge in [-0.1, -0.05) is 49.0 Å². The summed E-state index contributed by atoms with van der Waals surface area (Å²) in [7, 11) is 0. The number of esters is 2. The highest BCUT2D eigenvalue weighted by Crippen LogP contribution is 2.30. The van der Waals surface area contributed by atoms with Gasteiger partial charge in [0.25, 0.3) is 5.91 Å². The number of benzene rings is 2. The summed E-state index contributed by atoms with van der Waals surface area (Å²) in [6, 6.07) is 11.2. The molecule has 1 heterocycles. The monoisotopic (exact) mass is 520 g/mol. The Morgan fingerprint density at radius 1 is 1.06 bits per heavy atom. The van der Waals surface area contributed by atoms with Gasteiger partial charge in [0.15, 0.2) is 6.61 Å². The molecule has 1 aliphatic heterocycles. The van der Waals surface area contributed by atoms with Crippen molar-refractivity contribution >= 4 is 58.3 Å². The predicted octanol–water partition coefficient (Wildman–Crippen LogP) is 4.88. The van der Waals surface area contributed by atoms with Crippen molar-refractivity contribution in [3.05, 3.63) is 58.1 Å². The Bertz CT molecular complexity index is 1090. The van der Waals surface area contributed by atoms with Crippen LogP contribution in [0.2, 0.25) is 10.0 Å². The van der Waals surface area contributed by atoms with Crippen LogP contribution in [0.25, 0.3) is 0 Å². The van der Waals surface area contributed by atoms with E-state index < -0.39 is 30.4 Å². The van der Waals surface area contributed by atoms with E-state index in [4.69, 9.17) is 32.7 Å². The highest BCUT2D eigenvalue weighted by atomic mass is 35.5. The van der Waals surface area contributed by atoms with E-state index in [2.05, 4.69) is 12.2 Å². The van der Waals surface area contributed by atoms with E-state index in [0.717, 1.165) is 19.3 Å². The summed E-state index contributed by atoms with van der Waals surface area (Å²) in [5.41, 5.74) is 1.25. The molecule has 0 saturated carbocycles. The zero-order valence-electron chi connectivity index (χ0n) is 19.2. The molecule has 0 bridgehead atoms. The van der Waals surface area contributed by atoms with Crippen LogP contribution in [-0.2, 0) is 23.9 Å². The van der Waals surface area contributed by atoms with E-state index in [1.165, 1.54) is 4.90 Å². The molecule has 35 heavy (non-hydrogen) atoms. The van der Waals surface area contributed by atoms with E-state index >= 15 is 0 Å². The van der Waals surface area contributed by atoms with Gasteiger partial charge in [-0.05, 0) is 42.8 Å². The molecular weight excluding hydrogens is 495 g/mol. The Kier molecular flexibility index (Phi) is 9.51. The van der Waals surface area contributed by atoms with Crippen molar-refractivity contribution in [1.82, 2.24) is 0 Å². The van der Waals surface area contributed by atoms with E-state index in [0.29, 0.717) is 23.5 Å². The highest BCUT2D eigenvalue weighted by Gasteiger charge is 2.36. The molecule has 1 N–H and O–H groups in total. The lowest BCUT2D eigenvalue weighted by atomic mass is 10.1. The zero-order chi connectivity index (χ0) is 25.4. The third-order valence-electron chi connectivity index (χ3n) is 5.43. The number of hydrogen-bond donors (Lipinski definition) is 1. The molecule has 2 amide bonds. The second-order valence-corrected chi connectivity index (χ2v) is 8.84. The minimum atomic E-state index is -0.715. The predicted molar refractivity (Wildman–Crippen MR) is 133 cm³/mol. The first kappa shape index (κ1) is 26.5. The number of ether oxygens (including phenoxy) is 2. The number of rotatable bonds is 10. The maximum atomic E-state index is 12.5. The van der Waals surface area contributed by atoms with Crippen LogP contribution in [-0.4, -0.2) is 43.5 Å². The molecule has 0 spiro atoms. The van der Waals surface area contributed by atoms with Crippen LogP contribution in [0.15, 0.2) is 42.5 Å². The van der Waals surface area contributed by atoms with Gasteiger partial charge in [0.2, 0.25) is 5.91 Å². The largest absolute Gasteiger partial charge is 0.462 e. The smallest absolute Gasteiger partial charge is 0.338 e. The van der Waals surface area contributed by atoms with Gasteiger partial charge in [-0.25, -0.2) is 4.79 Å². The molecule has 1 aliphatic rings. The van der Waals surface area contributed by atoms with Crippen molar-refractivity contribution in [2.75, 3.05) is 30.0 Å². The molecule has 3 rings (SSSR count). The fourth-order valence-electron chi connectivity index (χ4n) is 3.53. The number of nitrogens with one attached hydrogen (secondary N) is 1. The van der Waals surface area contributed by atoms with Crippen molar-refractivity contribution in [3.63, 3.8) is 0 Å². The van der Waals surface area contributed by atoms with Gasteiger partial charge in [-0.2, -0.15) is 0 Å². The molecule has 0 aromatic heterocycles. The number of amides is 2. The zero-order valence-corrected chi connectivity index (χ0v) is 20.7. The molecule has 8 nitrogen and oxygen atoms in total. The minimum absolute atomic E-state index is 0.0399. The van der Waals surface area contributed by atoms with Crippen molar-refractivity contribution in [1.29, 1.82) is 0 Å². The van der Waals surface area contributed by atoms with Crippen molar-refractivity contribution < 1.29 is 28.7 Å².